The standard InChI is InChI=1S/C10H22N2/c1-4-9(2)12-6-5-10(8-12)7-11-3/h9-11H,4-8H2,1-3H3/t9?,10-/m1/s1. The molecule has 2 atom stereocenters. The van der Waals surface area contributed by atoms with Crippen molar-refractivity contribution in [1.29, 1.82) is 0 Å². The smallest absolute Gasteiger partial charge is 0.00644 e. The summed E-state index contributed by atoms with van der Waals surface area (Å²) in [5.74, 6) is 0.893. The van der Waals surface area contributed by atoms with Gasteiger partial charge in [-0.05, 0) is 45.8 Å². The summed E-state index contributed by atoms with van der Waals surface area (Å²) in [6.45, 7) is 8.40. The Bertz CT molecular complexity index is 125. The lowest BCUT2D eigenvalue weighted by Crippen LogP contribution is -2.31. The zero-order valence-corrected chi connectivity index (χ0v) is 8.64. The van der Waals surface area contributed by atoms with Crippen molar-refractivity contribution in [3.05, 3.63) is 0 Å². The Morgan fingerprint density at radius 1 is 1.58 bits per heavy atom. The highest BCUT2D eigenvalue weighted by molar-refractivity contribution is 4.79. The summed E-state index contributed by atoms with van der Waals surface area (Å²) >= 11 is 0. The molecule has 1 saturated heterocycles. The summed E-state index contributed by atoms with van der Waals surface area (Å²) < 4.78 is 0. The maximum Gasteiger partial charge on any atom is 0.00644 e. The van der Waals surface area contributed by atoms with Crippen molar-refractivity contribution >= 4 is 0 Å². The van der Waals surface area contributed by atoms with Crippen LogP contribution in [-0.4, -0.2) is 37.6 Å². The minimum Gasteiger partial charge on any atom is -0.319 e. The first-order valence-corrected chi connectivity index (χ1v) is 5.16. The molecule has 1 aliphatic rings. The SMILES string of the molecule is CCC(C)N1CC[C@H](CNC)C1. The Kier molecular flexibility index (Phi) is 4.02. The molecule has 12 heavy (non-hydrogen) atoms. The lowest BCUT2D eigenvalue weighted by atomic mass is 10.1. The number of nitrogens with zero attached hydrogens (tertiary/aromatic N) is 1. The second-order valence-corrected chi connectivity index (χ2v) is 3.96. The van der Waals surface area contributed by atoms with Gasteiger partial charge >= 0.3 is 0 Å². The molecular formula is C10H22N2. The minimum atomic E-state index is 0.784. The van der Waals surface area contributed by atoms with E-state index in [-0.39, 0.29) is 0 Å². The summed E-state index contributed by atoms with van der Waals surface area (Å²) in [6.07, 6.45) is 2.66. The van der Waals surface area contributed by atoms with Gasteiger partial charge in [0.2, 0.25) is 0 Å². The first kappa shape index (κ1) is 10.0. The van der Waals surface area contributed by atoms with Crippen LogP contribution in [0.3, 0.4) is 0 Å². The van der Waals surface area contributed by atoms with E-state index in [2.05, 4.69) is 24.1 Å². The largest absolute Gasteiger partial charge is 0.319 e. The molecule has 0 saturated carbocycles. The molecule has 1 aliphatic heterocycles. The summed E-state index contributed by atoms with van der Waals surface area (Å²) in [7, 11) is 2.05. The Morgan fingerprint density at radius 2 is 2.33 bits per heavy atom. The third-order valence-corrected chi connectivity index (χ3v) is 3.02. The highest BCUT2D eigenvalue weighted by Crippen LogP contribution is 2.18. The van der Waals surface area contributed by atoms with Crippen molar-refractivity contribution in [2.75, 3.05) is 26.7 Å². The third-order valence-electron chi connectivity index (χ3n) is 3.02. The molecule has 0 amide bonds. The van der Waals surface area contributed by atoms with Crippen LogP contribution in [0.4, 0.5) is 0 Å². The molecule has 0 aliphatic carbocycles. The van der Waals surface area contributed by atoms with Gasteiger partial charge in [-0.3, -0.25) is 0 Å². The zero-order valence-electron chi connectivity index (χ0n) is 8.64. The summed E-state index contributed by atoms with van der Waals surface area (Å²) in [5.41, 5.74) is 0. The van der Waals surface area contributed by atoms with Gasteiger partial charge < -0.3 is 10.2 Å². The fourth-order valence-corrected chi connectivity index (χ4v) is 1.98. The van der Waals surface area contributed by atoms with Crippen molar-refractivity contribution < 1.29 is 0 Å². The fourth-order valence-electron chi connectivity index (χ4n) is 1.98. The van der Waals surface area contributed by atoms with Gasteiger partial charge in [-0.1, -0.05) is 6.92 Å². The van der Waals surface area contributed by atoms with Gasteiger partial charge in [0.1, 0.15) is 0 Å². The van der Waals surface area contributed by atoms with Crippen LogP contribution < -0.4 is 5.32 Å². The van der Waals surface area contributed by atoms with E-state index >= 15 is 0 Å². The van der Waals surface area contributed by atoms with E-state index in [9.17, 15) is 0 Å². The minimum absolute atomic E-state index is 0.784. The van der Waals surface area contributed by atoms with Crippen LogP contribution in [-0.2, 0) is 0 Å². The van der Waals surface area contributed by atoms with Crippen molar-refractivity contribution in [2.45, 2.75) is 32.7 Å². The van der Waals surface area contributed by atoms with Crippen molar-refractivity contribution in [3.63, 3.8) is 0 Å². The Morgan fingerprint density at radius 3 is 2.92 bits per heavy atom. The van der Waals surface area contributed by atoms with E-state index in [1.807, 2.05) is 7.05 Å². The van der Waals surface area contributed by atoms with Crippen LogP contribution in [0, 0.1) is 5.92 Å². The summed E-state index contributed by atoms with van der Waals surface area (Å²) in [4.78, 5) is 2.61. The molecule has 0 aromatic rings. The number of rotatable bonds is 4. The molecule has 0 spiro atoms. The molecule has 1 heterocycles. The number of hydrogen-bond acceptors (Lipinski definition) is 2. The summed E-state index contributed by atoms with van der Waals surface area (Å²) in [6, 6.07) is 0.784. The molecule has 1 rings (SSSR count). The summed E-state index contributed by atoms with van der Waals surface area (Å²) in [5, 5.41) is 3.26. The van der Waals surface area contributed by atoms with E-state index < -0.39 is 0 Å². The van der Waals surface area contributed by atoms with Crippen molar-refractivity contribution in [1.82, 2.24) is 10.2 Å². The van der Waals surface area contributed by atoms with Gasteiger partial charge in [0.25, 0.3) is 0 Å². The van der Waals surface area contributed by atoms with Crippen LogP contribution in [0.25, 0.3) is 0 Å². The topological polar surface area (TPSA) is 15.3 Å². The van der Waals surface area contributed by atoms with Gasteiger partial charge in [-0.25, -0.2) is 0 Å². The number of hydrogen-bond donors (Lipinski definition) is 1. The van der Waals surface area contributed by atoms with E-state index in [1.165, 1.54) is 32.5 Å². The van der Waals surface area contributed by atoms with Gasteiger partial charge in [-0.15, -0.1) is 0 Å². The van der Waals surface area contributed by atoms with Crippen molar-refractivity contribution in [2.24, 2.45) is 5.92 Å². The monoisotopic (exact) mass is 170 g/mol. The maximum absolute atomic E-state index is 3.26. The molecule has 2 heteroatoms. The van der Waals surface area contributed by atoms with E-state index in [4.69, 9.17) is 0 Å². The average Bonchev–Trinajstić information content (AvgIpc) is 2.52. The van der Waals surface area contributed by atoms with Crippen LogP contribution >= 0.6 is 0 Å². The number of likely N-dealkylation sites (tertiary alicyclic amines) is 1. The maximum atomic E-state index is 3.26. The third kappa shape index (κ3) is 2.46. The van der Waals surface area contributed by atoms with Gasteiger partial charge in [-0.2, -0.15) is 0 Å². The van der Waals surface area contributed by atoms with Crippen LogP contribution in [0.2, 0.25) is 0 Å². The predicted molar refractivity (Wildman–Crippen MR) is 53.4 cm³/mol. The molecule has 0 radical (unpaired) electrons. The fraction of sp³-hybridized carbons (Fsp3) is 1.00. The van der Waals surface area contributed by atoms with E-state index in [1.54, 1.807) is 0 Å². The van der Waals surface area contributed by atoms with Gasteiger partial charge in [0.15, 0.2) is 0 Å². The highest BCUT2D eigenvalue weighted by atomic mass is 15.2. The molecule has 0 aromatic carbocycles. The normalized spacial score (nSPS) is 27.8. The van der Waals surface area contributed by atoms with Crippen LogP contribution in [0.15, 0.2) is 0 Å². The quantitative estimate of drug-likeness (QED) is 0.684. The first-order chi connectivity index (χ1) is 5.77. The van der Waals surface area contributed by atoms with E-state index in [0.29, 0.717) is 0 Å². The molecule has 0 bridgehead atoms. The Balaban J connectivity index is 2.25. The molecule has 72 valence electrons. The predicted octanol–water partition coefficient (Wildman–Crippen LogP) is 1.33. The van der Waals surface area contributed by atoms with Gasteiger partial charge in [0, 0.05) is 12.6 Å². The molecule has 1 unspecified atom stereocenters. The molecule has 0 aromatic heterocycles. The Labute approximate surface area is 76.3 Å². The average molecular weight is 170 g/mol. The second kappa shape index (κ2) is 4.83. The number of nitrogens with one attached hydrogen (secondary N) is 1. The zero-order chi connectivity index (χ0) is 8.97. The highest BCUT2D eigenvalue weighted by Gasteiger charge is 2.24. The molecular weight excluding hydrogens is 148 g/mol. The van der Waals surface area contributed by atoms with Crippen LogP contribution in [0.1, 0.15) is 26.7 Å². The lowest BCUT2D eigenvalue weighted by Gasteiger charge is -2.22. The second-order valence-electron chi connectivity index (χ2n) is 3.96. The Hall–Kier alpha value is -0.0800. The van der Waals surface area contributed by atoms with E-state index in [0.717, 1.165) is 12.0 Å². The van der Waals surface area contributed by atoms with Crippen molar-refractivity contribution in [3.8, 4) is 0 Å². The molecule has 1 N–H and O–H groups in total. The molecule has 2 nitrogen and oxygen atoms in total. The molecule has 1 fully saturated rings. The van der Waals surface area contributed by atoms with Gasteiger partial charge in [0.05, 0.1) is 0 Å². The lowest BCUT2D eigenvalue weighted by molar-refractivity contribution is 0.243. The first-order valence-electron chi connectivity index (χ1n) is 5.16. The van der Waals surface area contributed by atoms with Crippen LogP contribution in [0.5, 0.6) is 0 Å².